The fraction of sp³-hybridized carbons (Fsp3) is 0.0370. The summed E-state index contributed by atoms with van der Waals surface area (Å²) in [6, 6.07) is 25.6. The molecule has 0 radical (unpaired) electrons. The average Bonchev–Trinajstić information content (AvgIpc) is 2.78. The molecule has 0 unspecified atom stereocenters. The maximum atomic E-state index is 9.25. The second-order valence-electron chi connectivity index (χ2n) is 7.66. The number of rotatable bonds is 4. The molecule has 0 aliphatic heterocycles. The van der Waals surface area contributed by atoms with Crippen LogP contribution in [0.3, 0.4) is 0 Å². The van der Waals surface area contributed by atoms with E-state index < -0.39 is 0 Å². The van der Waals surface area contributed by atoms with E-state index in [-0.39, 0.29) is 0 Å². The molecule has 172 valence electrons. The third-order valence-electron chi connectivity index (χ3n) is 5.37. The zero-order valence-electron chi connectivity index (χ0n) is 17.6. The summed E-state index contributed by atoms with van der Waals surface area (Å²) in [5, 5.41) is 18.5. The predicted molar refractivity (Wildman–Crippen MR) is 192 cm³/mol. The molecule has 0 atom stereocenters. The Bertz CT molecular complexity index is 1400. The van der Waals surface area contributed by atoms with Crippen molar-refractivity contribution in [3.8, 4) is 34.4 Å². The van der Waals surface area contributed by atoms with E-state index >= 15 is 0 Å². The number of hydrogen-bond donors (Lipinski definition) is 0. The molecule has 2 nitrogen and oxygen atoms in total. The van der Waals surface area contributed by atoms with E-state index in [1.165, 1.54) is 36.5 Å². The maximum Gasteiger partial charge on any atom is 0.100 e. The number of nitrogens with zero attached hydrogens (tertiary/aromatic N) is 2. The number of hydrogen-bond acceptors (Lipinski definition) is 2. The number of benzene rings is 4. The Hall–Kier alpha value is 0.240. The minimum Gasteiger partial charge on any atom is -0.192 e. The first kappa shape index (κ1) is 28.3. The van der Waals surface area contributed by atoms with Crippen molar-refractivity contribution in [3.05, 3.63) is 104 Å². The Labute approximate surface area is 286 Å². The van der Waals surface area contributed by atoms with E-state index in [1.807, 2.05) is 24.3 Å². The first-order valence-corrected chi connectivity index (χ1v) is 16.5. The van der Waals surface area contributed by atoms with Gasteiger partial charge in [-0.3, -0.25) is 0 Å². The van der Waals surface area contributed by atoms with Crippen LogP contribution >= 0.6 is 136 Å². The van der Waals surface area contributed by atoms with Gasteiger partial charge in [-0.1, -0.05) is 12.1 Å². The second-order valence-corrected chi connectivity index (χ2v) is 14.6. The van der Waals surface area contributed by atoms with Gasteiger partial charge in [0.1, 0.15) is 12.1 Å². The van der Waals surface area contributed by atoms with E-state index in [4.69, 9.17) is 0 Å². The fourth-order valence-electron chi connectivity index (χ4n) is 3.77. The van der Waals surface area contributed by atoms with Gasteiger partial charge in [0.15, 0.2) is 0 Å². The molecule has 4 aromatic rings. The molecule has 0 N–H and O–H groups in total. The molecule has 0 aliphatic rings. The molecule has 0 heterocycles. The van der Waals surface area contributed by atoms with E-state index in [2.05, 4.69) is 184 Å². The van der Waals surface area contributed by atoms with Crippen LogP contribution in [0.2, 0.25) is 0 Å². The largest absolute Gasteiger partial charge is 0.192 e. The third kappa shape index (κ3) is 6.46. The Morgan fingerprint density at radius 3 is 1.11 bits per heavy atom. The Balaban J connectivity index is 1.66. The maximum absolute atomic E-state index is 9.25. The van der Waals surface area contributed by atoms with Crippen molar-refractivity contribution in [1.82, 2.24) is 0 Å². The zero-order valence-corrected chi connectivity index (χ0v) is 30.6. The first-order valence-electron chi connectivity index (χ1n) is 10.1. The molecule has 4 rings (SSSR count). The topological polar surface area (TPSA) is 47.6 Å². The van der Waals surface area contributed by atoms with Gasteiger partial charge in [-0.05, 0) is 213 Å². The van der Waals surface area contributed by atoms with Gasteiger partial charge in [0.05, 0.1) is 11.1 Å². The number of nitriles is 2. The van der Waals surface area contributed by atoms with Gasteiger partial charge in [-0.15, -0.1) is 0 Å². The molecule has 0 saturated carbocycles. The predicted octanol–water partition coefficient (Wildman–Crippen LogP) is 9.98. The van der Waals surface area contributed by atoms with Crippen LogP contribution in [0.25, 0.3) is 22.3 Å². The van der Waals surface area contributed by atoms with Crippen LogP contribution in [-0.4, -0.2) is 0 Å². The van der Waals surface area contributed by atoms with Crippen molar-refractivity contribution >= 4 is 136 Å². The van der Waals surface area contributed by atoms with Gasteiger partial charge >= 0.3 is 0 Å². The van der Waals surface area contributed by atoms with Crippen LogP contribution < -0.4 is 0 Å². The molecule has 8 heteroatoms. The highest BCUT2D eigenvalue weighted by molar-refractivity contribution is 14.1. The van der Waals surface area contributed by atoms with E-state index in [0.717, 1.165) is 24.7 Å². The molecule has 0 amide bonds. The van der Waals surface area contributed by atoms with Gasteiger partial charge in [0.25, 0.3) is 0 Å². The summed E-state index contributed by atoms with van der Waals surface area (Å²) in [5.41, 5.74) is 8.67. The van der Waals surface area contributed by atoms with Crippen molar-refractivity contribution in [2.75, 3.05) is 0 Å². The van der Waals surface area contributed by atoms with Crippen LogP contribution in [0.1, 0.15) is 22.3 Å². The van der Waals surface area contributed by atoms with Crippen molar-refractivity contribution in [1.29, 1.82) is 10.5 Å². The van der Waals surface area contributed by atoms with E-state index in [9.17, 15) is 10.5 Å². The smallest absolute Gasteiger partial charge is 0.100 e. The lowest BCUT2D eigenvalue weighted by Gasteiger charge is -2.14. The summed E-state index contributed by atoms with van der Waals surface area (Å²) < 4.78 is 6.77. The van der Waals surface area contributed by atoms with Gasteiger partial charge in [0, 0.05) is 32.5 Å². The standard InChI is InChI=1S/C27H12I6N2/c28-20-10-16(1-3-18(20)12-34)26-22(30)6-14(7-23(26)31)5-15-8-24(32)27(25(33)9-15)17-2-4-19(13-35)21(29)11-17/h1-4,6-11H,5H2. The third-order valence-corrected chi connectivity index (χ3v) is 10.6. The summed E-state index contributed by atoms with van der Waals surface area (Å²) >= 11 is 14.2. The van der Waals surface area contributed by atoms with Crippen LogP contribution in [0.4, 0.5) is 0 Å². The van der Waals surface area contributed by atoms with Crippen molar-refractivity contribution in [2.24, 2.45) is 0 Å². The molecule has 0 aromatic heterocycles. The fourth-order valence-corrected chi connectivity index (χ4v) is 10.1. The minimum atomic E-state index is 0.708. The van der Waals surface area contributed by atoms with Gasteiger partial charge in [-0.25, -0.2) is 0 Å². The molecule has 0 bridgehead atoms. The Morgan fingerprint density at radius 2 is 0.829 bits per heavy atom. The zero-order chi connectivity index (χ0) is 25.3. The summed E-state index contributed by atoms with van der Waals surface area (Å²) in [6.45, 7) is 0. The van der Waals surface area contributed by atoms with Crippen molar-refractivity contribution in [3.63, 3.8) is 0 Å². The lowest BCUT2D eigenvalue weighted by atomic mass is 9.98. The molecule has 4 aromatic carbocycles. The monoisotopic (exact) mass is 1130 g/mol. The molecule has 0 spiro atoms. The lowest BCUT2D eigenvalue weighted by Crippen LogP contribution is -1.98. The highest BCUT2D eigenvalue weighted by atomic mass is 127. The SMILES string of the molecule is N#Cc1ccc(-c2c(I)cc(Cc3cc(I)c(-c4ccc(C#N)c(I)c4)c(I)c3)cc2I)cc1I. The molecule has 0 fully saturated rings. The minimum absolute atomic E-state index is 0.708. The summed E-state index contributed by atoms with van der Waals surface area (Å²) in [5.74, 6) is 0. The second kappa shape index (κ2) is 12.4. The highest BCUT2D eigenvalue weighted by Gasteiger charge is 2.15. The van der Waals surface area contributed by atoms with Crippen LogP contribution in [0.5, 0.6) is 0 Å². The van der Waals surface area contributed by atoms with Crippen LogP contribution in [0.15, 0.2) is 60.7 Å². The first-order chi connectivity index (χ1) is 16.7. The molecular formula is C27H12I6N2. The van der Waals surface area contributed by atoms with Crippen LogP contribution in [0, 0.1) is 44.1 Å². The summed E-state index contributed by atoms with van der Waals surface area (Å²) in [4.78, 5) is 0. The van der Waals surface area contributed by atoms with Crippen LogP contribution in [-0.2, 0) is 6.42 Å². The Kier molecular flexibility index (Phi) is 10.0. The molecule has 0 saturated heterocycles. The average molecular weight is 1130 g/mol. The van der Waals surface area contributed by atoms with E-state index in [1.54, 1.807) is 0 Å². The molecule has 35 heavy (non-hydrogen) atoms. The Morgan fingerprint density at radius 1 is 0.486 bits per heavy atom. The van der Waals surface area contributed by atoms with Gasteiger partial charge < -0.3 is 0 Å². The van der Waals surface area contributed by atoms with Crippen molar-refractivity contribution < 1.29 is 0 Å². The summed E-state index contributed by atoms with van der Waals surface area (Å²) in [6.07, 6.45) is 0.856. The van der Waals surface area contributed by atoms with Gasteiger partial charge in [0.2, 0.25) is 0 Å². The highest BCUT2D eigenvalue weighted by Crippen LogP contribution is 2.36. The van der Waals surface area contributed by atoms with E-state index in [0.29, 0.717) is 11.1 Å². The normalized spacial score (nSPS) is 10.6. The van der Waals surface area contributed by atoms with Gasteiger partial charge in [-0.2, -0.15) is 10.5 Å². The molecule has 0 aliphatic carbocycles. The lowest BCUT2D eigenvalue weighted by molar-refractivity contribution is 1.18. The quantitative estimate of drug-likeness (QED) is 0.191. The van der Waals surface area contributed by atoms with Crippen molar-refractivity contribution in [2.45, 2.75) is 6.42 Å². The molecular weight excluding hydrogens is 1110 g/mol. The number of halogens is 6. The summed E-state index contributed by atoms with van der Waals surface area (Å²) in [7, 11) is 0.